The minimum absolute atomic E-state index is 0.0244. The number of H-pyrrole nitrogens is 1. The second-order valence-electron chi connectivity index (χ2n) is 3.20. The molecule has 0 unspecified atom stereocenters. The van der Waals surface area contributed by atoms with Gasteiger partial charge in [-0.1, -0.05) is 25.2 Å². The van der Waals surface area contributed by atoms with E-state index in [4.69, 9.17) is 0 Å². The van der Waals surface area contributed by atoms with E-state index >= 15 is 0 Å². The Hall–Kier alpha value is -0.610. The predicted molar refractivity (Wildman–Crippen MR) is 51.5 cm³/mol. The lowest BCUT2D eigenvalue weighted by Gasteiger charge is -2.04. The highest BCUT2D eigenvalue weighted by Crippen LogP contribution is 1.95. The van der Waals surface area contributed by atoms with Gasteiger partial charge in [0.2, 0.25) is 0 Å². The number of hydrogen-bond donors (Lipinski definition) is 2. The fraction of sp³-hybridized carbons (Fsp3) is 0.625. The first-order chi connectivity index (χ1) is 5.68. The Morgan fingerprint density at radius 3 is 2.92 bits per heavy atom. The molecule has 0 aliphatic carbocycles. The average Bonchev–Trinajstić information content (AvgIpc) is 2.35. The minimum Gasteiger partial charge on any atom is -0.315 e. The molecule has 1 aromatic heterocycles. The first-order valence-corrected chi connectivity index (χ1v) is 4.94. The van der Waals surface area contributed by atoms with E-state index in [-0.39, 0.29) is 4.87 Å². The van der Waals surface area contributed by atoms with Gasteiger partial charge in [0, 0.05) is 17.6 Å². The highest BCUT2D eigenvalue weighted by molar-refractivity contribution is 7.07. The molecule has 1 rings (SSSR count). The van der Waals surface area contributed by atoms with E-state index in [1.165, 1.54) is 11.3 Å². The van der Waals surface area contributed by atoms with Gasteiger partial charge in [0.05, 0.1) is 0 Å². The monoisotopic (exact) mass is 186 g/mol. The largest absolute Gasteiger partial charge is 0.315 e. The Bertz CT molecular complexity index is 277. The molecule has 2 N–H and O–H groups in total. The molecule has 0 radical (unpaired) electrons. The number of aromatic nitrogens is 1. The Morgan fingerprint density at radius 1 is 1.67 bits per heavy atom. The lowest BCUT2D eigenvalue weighted by Crippen LogP contribution is -2.19. The van der Waals surface area contributed by atoms with E-state index in [1.54, 1.807) is 0 Å². The lowest BCUT2D eigenvalue weighted by molar-refractivity contribution is 0.549. The summed E-state index contributed by atoms with van der Waals surface area (Å²) in [7, 11) is 0. The first kappa shape index (κ1) is 9.48. The van der Waals surface area contributed by atoms with Gasteiger partial charge in [-0.15, -0.1) is 0 Å². The number of thiazole rings is 1. The maximum atomic E-state index is 10.7. The molecule has 68 valence electrons. The molecule has 0 fully saturated rings. The van der Waals surface area contributed by atoms with Crippen LogP contribution in [0.5, 0.6) is 0 Å². The molecule has 0 aliphatic rings. The van der Waals surface area contributed by atoms with Crippen LogP contribution in [0.1, 0.15) is 19.5 Å². The molecular formula is C8H14N2OS. The summed E-state index contributed by atoms with van der Waals surface area (Å²) in [5, 5.41) is 5.11. The normalized spacial score (nSPS) is 10.9. The quantitative estimate of drug-likeness (QED) is 0.741. The van der Waals surface area contributed by atoms with Crippen LogP contribution in [0, 0.1) is 5.92 Å². The highest BCUT2D eigenvalue weighted by atomic mass is 32.1. The fourth-order valence-corrected chi connectivity index (χ4v) is 1.48. The third-order valence-corrected chi connectivity index (χ3v) is 2.16. The summed E-state index contributed by atoms with van der Waals surface area (Å²) in [6.45, 7) is 6.06. The van der Waals surface area contributed by atoms with Crippen LogP contribution in [0.2, 0.25) is 0 Å². The van der Waals surface area contributed by atoms with Crippen LogP contribution in [0.15, 0.2) is 10.2 Å². The van der Waals surface area contributed by atoms with Crippen molar-refractivity contribution in [1.82, 2.24) is 10.3 Å². The summed E-state index contributed by atoms with van der Waals surface area (Å²) >= 11 is 1.21. The summed E-state index contributed by atoms with van der Waals surface area (Å²) in [5.74, 6) is 0.648. The van der Waals surface area contributed by atoms with Gasteiger partial charge in [-0.2, -0.15) is 0 Å². The van der Waals surface area contributed by atoms with E-state index in [9.17, 15) is 4.79 Å². The Balaban J connectivity index is 2.29. The van der Waals surface area contributed by atoms with Crippen molar-refractivity contribution in [3.8, 4) is 0 Å². The van der Waals surface area contributed by atoms with Crippen molar-refractivity contribution in [3.63, 3.8) is 0 Å². The van der Waals surface area contributed by atoms with Gasteiger partial charge in [0.15, 0.2) is 0 Å². The van der Waals surface area contributed by atoms with Crippen LogP contribution >= 0.6 is 11.3 Å². The van der Waals surface area contributed by atoms with Gasteiger partial charge in [-0.25, -0.2) is 0 Å². The number of hydrogen-bond acceptors (Lipinski definition) is 3. The number of nitrogens with one attached hydrogen (secondary N) is 2. The molecule has 0 aromatic carbocycles. The highest BCUT2D eigenvalue weighted by Gasteiger charge is 1.96. The fourth-order valence-electron chi connectivity index (χ4n) is 0.896. The zero-order valence-electron chi connectivity index (χ0n) is 7.39. The molecule has 0 spiro atoms. The Morgan fingerprint density at radius 2 is 2.42 bits per heavy atom. The molecule has 0 bridgehead atoms. The molecule has 3 nitrogen and oxygen atoms in total. The van der Waals surface area contributed by atoms with E-state index in [2.05, 4.69) is 24.1 Å². The molecular weight excluding hydrogens is 172 g/mol. The van der Waals surface area contributed by atoms with E-state index in [1.807, 2.05) is 5.38 Å². The topological polar surface area (TPSA) is 44.9 Å². The van der Waals surface area contributed by atoms with Crippen molar-refractivity contribution in [3.05, 3.63) is 20.7 Å². The Kier molecular flexibility index (Phi) is 3.49. The van der Waals surface area contributed by atoms with E-state index in [0.717, 1.165) is 18.8 Å². The zero-order chi connectivity index (χ0) is 8.97. The second-order valence-corrected chi connectivity index (χ2v) is 4.04. The second kappa shape index (κ2) is 4.42. The number of aromatic amines is 1. The molecule has 0 amide bonds. The smallest absolute Gasteiger partial charge is 0.304 e. The van der Waals surface area contributed by atoms with Crippen LogP contribution in [0.25, 0.3) is 0 Å². The van der Waals surface area contributed by atoms with Crippen molar-refractivity contribution in [2.45, 2.75) is 20.4 Å². The summed E-state index contributed by atoms with van der Waals surface area (Å²) < 4.78 is 0. The average molecular weight is 186 g/mol. The lowest BCUT2D eigenvalue weighted by atomic mass is 10.2. The van der Waals surface area contributed by atoms with E-state index < -0.39 is 0 Å². The Labute approximate surface area is 75.8 Å². The van der Waals surface area contributed by atoms with Crippen molar-refractivity contribution in [1.29, 1.82) is 0 Å². The molecule has 4 heteroatoms. The van der Waals surface area contributed by atoms with Gasteiger partial charge < -0.3 is 10.3 Å². The molecule has 0 saturated heterocycles. The molecule has 0 atom stereocenters. The summed E-state index contributed by atoms with van der Waals surface area (Å²) in [4.78, 5) is 13.5. The van der Waals surface area contributed by atoms with Crippen molar-refractivity contribution in [2.75, 3.05) is 6.54 Å². The van der Waals surface area contributed by atoms with Crippen LogP contribution in [0.4, 0.5) is 0 Å². The van der Waals surface area contributed by atoms with Gasteiger partial charge in [0.1, 0.15) is 0 Å². The minimum atomic E-state index is 0.0244. The van der Waals surface area contributed by atoms with E-state index in [0.29, 0.717) is 5.92 Å². The van der Waals surface area contributed by atoms with Gasteiger partial charge in [-0.3, -0.25) is 4.79 Å². The third kappa shape index (κ3) is 3.19. The third-order valence-electron chi connectivity index (χ3n) is 1.44. The molecule has 1 heterocycles. The summed E-state index contributed by atoms with van der Waals surface area (Å²) in [6, 6.07) is 0. The molecule has 0 saturated carbocycles. The zero-order valence-corrected chi connectivity index (χ0v) is 8.20. The van der Waals surface area contributed by atoms with Crippen molar-refractivity contribution in [2.24, 2.45) is 5.92 Å². The summed E-state index contributed by atoms with van der Waals surface area (Å²) in [6.07, 6.45) is 0. The van der Waals surface area contributed by atoms with Gasteiger partial charge in [0.25, 0.3) is 0 Å². The van der Waals surface area contributed by atoms with Crippen LogP contribution in [-0.2, 0) is 6.54 Å². The SMILES string of the molecule is CC(C)CNCc1csc(=O)[nH]1. The van der Waals surface area contributed by atoms with Gasteiger partial charge >= 0.3 is 4.87 Å². The predicted octanol–water partition coefficient (Wildman–Crippen LogP) is 1.18. The maximum Gasteiger partial charge on any atom is 0.304 e. The van der Waals surface area contributed by atoms with Crippen LogP contribution < -0.4 is 10.2 Å². The standard InChI is InChI=1S/C8H14N2OS/c1-6(2)3-9-4-7-5-12-8(11)10-7/h5-6,9H,3-4H2,1-2H3,(H,10,11). The van der Waals surface area contributed by atoms with Gasteiger partial charge in [-0.05, 0) is 12.5 Å². The van der Waals surface area contributed by atoms with Crippen LogP contribution in [-0.4, -0.2) is 11.5 Å². The van der Waals surface area contributed by atoms with Crippen molar-refractivity contribution < 1.29 is 0 Å². The van der Waals surface area contributed by atoms with Crippen molar-refractivity contribution >= 4 is 11.3 Å². The maximum absolute atomic E-state index is 10.7. The first-order valence-electron chi connectivity index (χ1n) is 4.06. The molecule has 0 aliphatic heterocycles. The summed E-state index contributed by atoms with van der Waals surface area (Å²) in [5.41, 5.74) is 0.977. The number of rotatable bonds is 4. The van der Waals surface area contributed by atoms with Crippen LogP contribution in [0.3, 0.4) is 0 Å². The molecule has 1 aromatic rings. The molecule has 12 heavy (non-hydrogen) atoms.